The lowest BCUT2D eigenvalue weighted by Crippen LogP contribution is -2.16. The zero-order valence-corrected chi connectivity index (χ0v) is 13.2. The van der Waals surface area contributed by atoms with E-state index in [1.54, 1.807) is 4.68 Å². The van der Waals surface area contributed by atoms with Crippen LogP contribution in [0.3, 0.4) is 0 Å². The zero-order valence-electron chi connectivity index (χ0n) is 12.4. The highest BCUT2D eigenvalue weighted by Gasteiger charge is 2.16. The fraction of sp³-hybridized carbons (Fsp3) is 0.438. The smallest absolute Gasteiger partial charge is 0.0847 e. The monoisotopic (exact) mass is 292 g/mol. The van der Waals surface area contributed by atoms with Crippen LogP contribution in [-0.4, -0.2) is 21.0 Å². The summed E-state index contributed by atoms with van der Waals surface area (Å²) in [6.07, 6.45) is 0.690. The molecule has 2 aromatic rings. The summed E-state index contributed by atoms with van der Waals surface area (Å²) in [6, 6.07) is 6.37. The van der Waals surface area contributed by atoms with Crippen LogP contribution >= 0.6 is 11.6 Å². The van der Waals surface area contributed by atoms with E-state index in [0.717, 1.165) is 17.0 Å². The molecule has 0 saturated carbocycles. The number of halogens is 1. The van der Waals surface area contributed by atoms with Gasteiger partial charge in [-0.1, -0.05) is 40.9 Å². The standard InChI is InChI=1S/C16H21ClN2O/c1-10-5-11(2)7-13(6-10)8-14(20)9-15-16(17)12(3)18-19(15)4/h5-7,14,20H,8-9H2,1-4H3. The first-order valence-electron chi connectivity index (χ1n) is 6.80. The van der Waals surface area contributed by atoms with Gasteiger partial charge in [-0.05, 0) is 32.8 Å². The lowest BCUT2D eigenvalue weighted by Gasteiger charge is -2.12. The summed E-state index contributed by atoms with van der Waals surface area (Å²) in [5, 5.41) is 15.2. The highest BCUT2D eigenvalue weighted by Crippen LogP contribution is 2.22. The molecule has 3 nitrogen and oxygen atoms in total. The number of hydrogen-bond donors (Lipinski definition) is 1. The molecule has 0 saturated heterocycles. The van der Waals surface area contributed by atoms with Crippen LogP contribution in [0.2, 0.25) is 5.02 Å². The summed E-state index contributed by atoms with van der Waals surface area (Å²) in [6.45, 7) is 6.02. The second kappa shape index (κ2) is 5.98. The number of aryl methyl sites for hydroxylation is 4. The van der Waals surface area contributed by atoms with Gasteiger partial charge in [-0.15, -0.1) is 0 Å². The number of aromatic nitrogens is 2. The van der Waals surface area contributed by atoms with Crippen molar-refractivity contribution in [1.29, 1.82) is 0 Å². The minimum Gasteiger partial charge on any atom is -0.392 e. The molecular formula is C16H21ClN2O. The third-order valence-corrected chi connectivity index (χ3v) is 3.94. The predicted octanol–water partition coefficient (Wildman–Crippen LogP) is 3.14. The molecule has 1 heterocycles. The molecule has 1 aromatic carbocycles. The van der Waals surface area contributed by atoms with Crippen molar-refractivity contribution < 1.29 is 5.11 Å². The molecule has 0 aliphatic carbocycles. The van der Waals surface area contributed by atoms with Crippen LogP contribution in [0, 0.1) is 20.8 Å². The molecule has 0 amide bonds. The van der Waals surface area contributed by atoms with E-state index in [1.807, 2.05) is 14.0 Å². The molecule has 0 fully saturated rings. The third-order valence-electron chi connectivity index (χ3n) is 3.44. The Hall–Kier alpha value is -1.32. The molecule has 2 rings (SSSR count). The zero-order chi connectivity index (χ0) is 14.9. The number of benzene rings is 1. The van der Waals surface area contributed by atoms with Crippen molar-refractivity contribution in [1.82, 2.24) is 9.78 Å². The fourth-order valence-electron chi connectivity index (χ4n) is 2.66. The summed E-state index contributed by atoms with van der Waals surface area (Å²) in [7, 11) is 1.86. The van der Waals surface area contributed by atoms with Crippen molar-refractivity contribution in [3.8, 4) is 0 Å². The second-order valence-electron chi connectivity index (χ2n) is 5.53. The number of nitrogens with zero attached hydrogens (tertiary/aromatic N) is 2. The Morgan fingerprint density at radius 2 is 1.75 bits per heavy atom. The van der Waals surface area contributed by atoms with Gasteiger partial charge in [0.2, 0.25) is 0 Å². The number of aliphatic hydroxyl groups excluding tert-OH is 1. The van der Waals surface area contributed by atoms with Gasteiger partial charge >= 0.3 is 0 Å². The van der Waals surface area contributed by atoms with Gasteiger partial charge in [0.25, 0.3) is 0 Å². The minimum atomic E-state index is -0.455. The molecule has 0 aliphatic rings. The molecule has 1 atom stereocenters. The Morgan fingerprint density at radius 1 is 1.15 bits per heavy atom. The molecule has 20 heavy (non-hydrogen) atoms. The maximum Gasteiger partial charge on any atom is 0.0847 e. The summed E-state index contributed by atoms with van der Waals surface area (Å²) in [5.41, 5.74) is 5.30. The van der Waals surface area contributed by atoms with E-state index in [1.165, 1.54) is 11.1 Å². The number of rotatable bonds is 4. The summed E-state index contributed by atoms with van der Waals surface area (Å²) in [4.78, 5) is 0. The predicted molar refractivity (Wildman–Crippen MR) is 82.3 cm³/mol. The van der Waals surface area contributed by atoms with Crippen LogP contribution in [0.25, 0.3) is 0 Å². The van der Waals surface area contributed by atoms with Crippen molar-refractivity contribution in [3.63, 3.8) is 0 Å². The van der Waals surface area contributed by atoms with Crippen LogP contribution in [0.15, 0.2) is 18.2 Å². The highest BCUT2D eigenvalue weighted by atomic mass is 35.5. The third kappa shape index (κ3) is 3.41. The lowest BCUT2D eigenvalue weighted by molar-refractivity contribution is 0.173. The minimum absolute atomic E-state index is 0.455. The maximum absolute atomic E-state index is 10.3. The van der Waals surface area contributed by atoms with Gasteiger partial charge in [0.1, 0.15) is 0 Å². The first-order valence-corrected chi connectivity index (χ1v) is 7.18. The van der Waals surface area contributed by atoms with Crippen molar-refractivity contribution in [2.75, 3.05) is 0 Å². The average molecular weight is 293 g/mol. The van der Waals surface area contributed by atoms with Crippen LogP contribution in [0.4, 0.5) is 0 Å². The topological polar surface area (TPSA) is 38.1 Å². The largest absolute Gasteiger partial charge is 0.392 e. The lowest BCUT2D eigenvalue weighted by atomic mass is 10.0. The Kier molecular flexibility index (Phi) is 4.51. The molecule has 1 aromatic heterocycles. The van der Waals surface area contributed by atoms with Gasteiger partial charge in [0.05, 0.1) is 22.5 Å². The summed E-state index contributed by atoms with van der Waals surface area (Å²) < 4.78 is 1.75. The normalized spacial score (nSPS) is 12.7. The Morgan fingerprint density at radius 3 is 2.25 bits per heavy atom. The Balaban J connectivity index is 2.10. The van der Waals surface area contributed by atoms with E-state index in [4.69, 9.17) is 11.6 Å². The van der Waals surface area contributed by atoms with E-state index in [0.29, 0.717) is 17.9 Å². The second-order valence-corrected chi connectivity index (χ2v) is 5.91. The van der Waals surface area contributed by atoms with Crippen LogP contribution in [0.5, 0.6) is 0 Å². The molecule has 0 bridgehead atoms. The van der Waals surface area contributed by atoms with E-state index >= 15 is 0 Å². The van der Waals surface area contributed by atoms with E-state index in [9.17, 15) is 5.11 Å². The van der Waals surface area contributed by atoms with Crippen molar-refractivity contribution in [2.24, 2.45) is 7.05 Å². The molecule has 0 aliphatic heterocycles. The first kappa shape index (κ1) is 15.1. The fourth-order valence-corrected chi connectivity index (χ4v) is 2.89. The molecule has 108 valence electrons. The van der Waals surface area contributed by atoms with Crippen molar-refractivity contribution >= 4 is 11.6 Å². The molecule has 1 N–H and O–H groups in total. The van der Waals surface area contributed by atoms with Crippen molar-refractivity contribution in [2.45, 2.75) is 39.7 Å². The van der Waals surface area contributed by atoms with Gasteiger partial charge in [0.15, 0.2) is 0 Å². The Labute approximate surface area is 125 Å². The number of hydrogen-bond acceptors (Lipinski definition) is 2. The van der Waals surface area contributed by atoms with E-state index in [2.05, 4.69) is 37.1 Å². The summed E-state index contributed by atoms with van der Waals surface area (Å²) in [5.74, 6) is 0. The number of aliphatic hydroxyl groups is 1. The van der Waals surface area contributed by atoms with E-state index in [-0.39, 0.29) is 0 Å². The van der Waals surface area contributed by atoms with Gasteiger partial charge in [-0.2, -0.15) is 5.10 Å². The average Bonchev–Trinajstić information content (AvgIpc) is 2.54. The molecule has 0 spiro atoms. The van der Waals surface area contributed by atoms with Gasteiger partial charge in [0, 0.05) is 13.5 Å². The molecule has 4 heteroatoms. The maximum atomic E-state index is 10.3. The molecule has 0 radical (unpaired) electrons. The van der Waals surface area contributed by atoms with Gasteiger partial charge in [-0.3, -0.25) is 4.68 Å². The highest BCUT2D eigenvalue weighted by molar-refractivity contribution is 6.31. The van der Waals surface area contributed by atoms with Gasteiger partial charge in [-0.25, -0.2) is 0 Å². The quantitative estimate of drug-likeness (QED) is 0.940. The van der Waals surface area contributed by atoms with Crippen LogP contribution in [0.1, 0.15) is 28.1 Å². The van der Waals surface area contributed by atoms with E-state index < -0.39 is 6.10 Å². The SMILES string of the molecule is Cc1cc(C)cc(CC(O)Cc2c(Cl)c(C)nn2C)c1. The molecular weight excluding hydrogens is 272 g/mol. The Bertz CT molecular complexity index is 599. The molecule has 1 unspecified atom stereocenters. The van der Waals surface area contributed by atoms with Crippen LogP contribution < -0.4 is 0 Å². The van der Waals surface area contributed by atoms with Crippen molar-refractivity contribution in [3.05, 3.63) is 51.3 Å². The van der Waals surface area contributed by atoms with Crippen LogP contribution in [-0.2, 0) is 19.9 Å². The summed E-state index contributed by atoms with van der Waals surface area (Å²) >= 11 is 6.22. The first-order chi connectivity index (χ1) is 9.36. The van der Waals surface area contributed by atoms with Gasteiger partial charge < -0.3 is 5.11 Å².